The third-order valence-corrected chi connectivity index (χ3v) is 3.88. The van der Waals surface area contributed by atoms with Crippen LogP contribution < -0.4 is 10.1 Å². The van der Waals surface area contributed by atoms with Crippen molar-refractivity contribution in [2.24, 2.45) is 0 Å². The van der Waals surface area contributed by atoms with Gasteiger partial charge in [0.2, 0.25) is 0 Å². The minimum Gasteiger partial charge on any atom is -0.456 e. The Morgan fingerprint density at radius 2 is 1.85 bits per heavy atom. The predicted octanol–water partition coefficient (Wildman–Crippen LogP) is 4.53. The lowest BCUT2D eigenvalue weighted by Gasteiger charge is -2.19. The highest BCUT2D eigenvalue weighted by atomic mass is 35.5. The van der Waals surface area contributed by atoms with Crippen LogP contribution in [0.25, 0.3) is 0 Å². The number of nitrogens with one attached hydrogen (secondary N) is 1. The quantitative estimate of drug-likeness (QED) is 0.706. The molecule has 0 aliphatic rings. The number of nitrogens with zero attached hydrogens (tertiary/aromatic N) is 2. The lowest BCUT2D eigenvalue weighted by molar-refractivity contribution is -0.145. The first-order valence-corrected chi connectivity index (χ1v) is 8.14. The van der Waals surface area contributed by atoms with Crippen molar-refractivity contribution < 1.29 is 23.0 Å². The number of carbonyl (C=O) groups excluding carboxylic acids is 1. The topological polar surface area (TPSA) is 73.3 Å². The second-order valence-electron chi connectivity index (χ2n) is 5.49. The van der Waals surface area contributed by atoms with Gasteiger partial charge in [0.05, 0.1) is 0 Å². The van der Waals surface area contributed by atoms with Gasteiger partial charge in [0, 0.05) is 13.0 Å². The van der Waals surface area contributed by atoms with E-state index in [1.165, 1.54) is 25.4 Å². The Hall–Kier alpha value is -2.48. The number of rotatable bonds is 7. The average molecular weight is 386 g/mol. The van der Waals surface area contributed by atoms with Crippen molar-refractivity contribution in [3.8, 4) is 5.75 Å². The fraction of sp³-hybridized carbons (Fsp3) is 0.353. The molecule has 0 fully saturated rings. The molecule has 26 heavy (non-hydrogen) atoms. The number of halogens is 3. The zero-order valence-corrected chi connectivity index (χ0v) is 15.1. The van der Waals surface area contributed by atoms with E-state index in [1.54, 1.807) is 19.1 Å². The molecule has 6 nitrogen and oxygen atoms in total. The maximum atomic E-state index is 12.2. The molecule has 0 bridgehead atoms. The average Bonchev–Trinajstić information content (AvgIpc) is 2.56. The highest BCUT2D eigenvalue weighted by molar-refractivity contribution is 6.33. The zero-order chi connectivity index (χ0) is 19.3. The first-order valence-electron chi connectivity index (χ1n) is 7.76. The molecule has 1 heterocycles. The van der Waals surface area contributed by atoms with Gasteiger partial charge in [0.15, 0.2) is 0 Å². The van der Waals surface area contributed by atoms with E-state index in [4.69, 9.17) is 16.3 Å². The van der Waals surface area contributed by atoms with Crippen LogP contribution in [0.5, 0.6) is 5.75 Å². The minimum atomic E-state index is -2.87. The van der Waals surface area contributed by atoms with Gasteiger partial charge in [0.1, 0.15) is 34.7 Å². The van der Waals surface area contributed by atoms with E-state index in [-0.39, 0.29) is 16.8 Å². The van der Waals surface area contributed by atoms with Gasteiger partial charge in [-0.05, 0) is 31.5 Å². The lowest BCUT2D eigenvalue weighted by atomic mass is 10.1. The maximum absolute atomic E-state index is 12.2. The summed E-state index contributed by atoms with van der Waals surface area (Å²) in [5.74, 6) is 0.00532. The summed E-state index contributed by atoms with van der Waals surface area (Å²) >= 11 is 6.32. The fourth-order valence-corrected chi connectivity index (χ4v) is 2.60. The zero-order valence-electron chi connectivity index (χ0n) is 14.4. The summed E-state index contributed by atoms with van der Waals surface area (Å²) in [6.07, 6.45) is 0.695. The standard InChI is InChI=1S/C17H18ClF2N3O3/c1-9(12-4-6-13(7-5-12)26-17(19)20)23-16-14(18)15(21-8-22-16)10(2)25-11(3)24/h4-10,17H,1-3H3,(H,21,22,23). The molecule has 9 heteroatoms. The molecule has 0 saturated carbocycles. The molecular weight excluding hydrogens is 368 g/mol. The van der Waals surface area contributed by atoms with Crippen LogP contribution in [-0.2, 0) is 9.53 Å². The minimum absolute atomic E-state index is 0.0773. The van der Waals surface area contributed by atoms with Crippen LogP contribution in [0.1, 0.15) is 44.2 Å². The normalized spacial score (nSPS) is 13.2. The van der Waals surface area contributed by atoms with Crippen molar-refractivity contribution in [2.45, 2.75) is 39.5 Å². The van der Waals surface area contributed by atoms with E-state index in [1.807, 2.05) is 6.92 Å². The Kier molecular flexibility index (Phi) is 6.68. The highest BCUT2D eigenvalue weighted by Crippen LogP contribution is 2.31. The molecule has 0 saturated heterocycles. The molecule has 2 aromatic rings. The molecule has 0 radical (unpaired) electrons. The van der Waals surface area contributed by atoms with Crippen LogP contribution >= 0.6 is 11.6 Å². The Balaban J connectivity index is 2.13. The molecule has 0 spiro atoms. The van der Waals surface area contributed by atoms with Crippen LogP contribution in [0, 0.1) is 0 Å². The number of hydrogen-bond acceptors (Lipinski definition) is 6. The van der Waals surface area contributed by atoms with E-state index in [9.17, 15) is 13.6 Å². The van der Waals surface area contributed by atoms with Crippen molar-refractivity contribution in [2.75, 3.05) is 5.32 Å². The second kappa shape index (κ2) is 8.75. The Bertz CT molecular complexity index is 759. The van der Waals surface area contributed by atoms with E-state index >= 15 is 0 Å². The van der Waals surface area contributed by atoms with Crippen LogP contribution in [0.4, 0.5) is 14.6 Å². The largest absolute Gasteiger partial charge is 0.456 e. The Morgan fingerprint density at radius 1 is 1.19 bits per heavy atom. The van der Waals surface area contributed by atoms with Crippen LogP contribution in [0.3, 0.4) is 0 Å². The van der Waals surface area contributed by atoms with Crippen molar-refractivity contribution in [1.82, 2.24) is 9.97 Å². The molecule has 2 rings (SSSR count). The summed E-state index contributed by atoms with van der Waals surface area (Å²) in [6, 6.07) is 6.00. The molecule has 0 amide bonds. The third-order valence-electron chi connectivity index (χ3n) is 3.50. The van der Waals surface area contributed by atoms with Crippen molar-refractivity contribution >= 4 is 23.4 Å². The van der Waals surface area contributed by atoms with Crippen LogP contribution in [-0.4, -0.2) is 22.5 Å². The van der Waals surface area contributed by atoms with Gasteiger partial charge in [-0.3, -0.25) is 4.79 Å². The molecule has 140 valence electrons. The number of hydrogen-bond donors (Lipinski definition) is 1. The monoisotopic (exact) mass is 385 g/mol. The summed E-state index contributed by atoms with van der Waals surface area (Å²) in [6.45, 7) is 1.95. The number of carbonyl (C=O) groups is 1. The van der Waals surface area contributed by atoms with E-state index in [2.05, 4.69) is 20.0 Å². The molecule has 0 aliphatic carbocycles. The van der Waals surface area contributed by atoms with Gasteiger partial charge in [-0.1, -0.05) is 23.7 Å². The molecule has 2 atom stereocenters. The smallest absolute Gasteiger partial charge is 0.387 e. The van der Waals surface area contributed by atoms with Gasteiger partial charge < -0.3 is 14.8 Å². The number of alkyl halides is 2. The van der Waals surface area contributed by atoms with Gasteiger partial charge >= 0.3 is 12.6 Å². The van der Waals surface area contributed by atoms with E-state index in [0.29, 0.717) is 11.5 Å². The van der Waals surface area contributed by atoms with Crippen molar-refractivity contribution in [1.29, 1.82) is 0 Å². The first-order chi connectivity index (χ1) is 12.3. The Labute approximate surface area is 154 Å². The number of ether oxygens (including phenoxy) is 2. The first kappa shape index (κ1) is 19.8. The van der Waals surface area contributed by atoms with Gasteiger partial charge in [-0.15, -0.1) is 0 Å². The number of anilines is 1. The predicted molar refractivity (Wildman–Crippen MR) is 92.3 cm³/mol. The van der Waals surface area contributed by atoms with Crippen LogP contribution in [0.15, 0.2) is 30.6 Å². The summed E-state index contributed by atoms with van der Waals surface area (Å²) in [5, 5.41) is 3.36. The maximum Gasteiger partial charge on any atom is 0.387 e. The van der Waals surface area contributed by atoms with Crippen molar-refractivity contribution in [3.63, 3.8) is 0 Å². The third kappa shape index (κ3) is 5.26. The second-order valence-corrected chi connectivity index (χ2v) is 5.86. The molecule has 1 N–H and O–H groups in total. The number of esters is 1. The van der Waals surface area contributed by atoms with Gasteiger partial charge in [0.25, 0.3) is 0 Å². The molecular formula is C17H18ClF2N3O3. The summed E-state index contributed by atoms with van der Waals surface area (Å²) in [4.78, 5) is 19.3. The summed E-state index contributed by atoms with van der Waals surface area (Å²) in [5.41, 5.74) is 1.20. The number of aromatic nitrogens is 2. The number of benzene rings is 1. The molecule has 0 aliphatic heterocycles. The lowest BCUT2D eigenvalue weighted by Crippen LogP contribution is -2.12. The van der Waals surface area contributed by atoms with Gasteiger partial charge in [-0.25, -0.2) is 9.97 Å². The molecule has 1 aromatic heterocycles. The Morgan fingerprint density at radius 3 is 2.42 bits per heavy atom. The van der Waals surface area contributed by atoms with E-state index < -0.39 is 18.7 Å². The molecule has 2 unspecified atom stereocenters. The summed E-state index contributed by atoms with van der Waals surface area (Å²) in [7, 11) is 0. The van der Waals surface area contributed by atoms with Crippen LogP contribution in [0.2, 0.25) is 5.02 Å². The summed E-state index contributed by atoms with van der Waals surface area (Å²) < 4.78 is 33.8. The molecule has 1 aromatic carbocycles. The highest BCUT2D eigenvalue weighted by Gasteiger charge is 2.19. The van der Waals surface area contributed by atoms with Gasteiger partial charge in [-0.2, -0.15) is 8.78 Å². The van der Waals surface area contributed by atoms with E-state index in [0.717, 1.165) is 5.56 Å². The van der Waals surface area contributed by atoms with Crippen molar-refractivity contribution in [3.05, 3.63) is 46.9 Å². The SMILES string of the molecule is CC(=O)OC(C)c1ncnc(NC(C)c2ccc(OC(F)F)cc2)c1Cl. The fourth-order valence-electron chi connectivity index (χ4n) is 2.30.